The Labute approximate surface area is 219 Å². The Balaban J connectivity index is 1.28. The monoisotopic (exact) mass is 538 g/mol. The summed E-state index contributed by atoms with van der Waals surface area (Å²) in [6.45, 7) is 4.37. The lowest BCUT2D eigenvalue weighted by Crippen LogP contribution is -2.53. The van der Waals surface area contributed by atoms with Gasteiger partial charge in [-0.05, 0) is 49.9 Å². The summed E-state index contributed by atoms with van der Waals surface area (Å²) in [5.74, 6) is 0.622. The van der Waals surface area contributed by atoms with Crippen LogP contribution in [0.4, 0.5) is 29.5 Å². The van der Waals surface area contributed by atoms with Crippen LogP contribution in [0.15, 0.2) is 30.5 Å². The smallest absolute Gasteiger partial charge is 0.378 e. The van der Waals surface area contributed by atoms with Crippen molar-refractivity contribution >= 4 is 29.5 Å². The summed E-state index contributed by atoms with van der Waals surface area (Å²) < 4.78 is 52.1. The van der Waals surface area contributed by atoms with Gasteiger partial charge < -0.3 is 19.3 Å². The van der Waals surface area contributed by atoms with E-state index in [-0.39, 0.29) is 18.1 Å². The number of benzene rings is 1. The number of aromatic nitrogens is 2. The van der Waals surface area contributed by atoms with Crippen molar-refractivity contribution < 1.29 is 22.7 Å². The number of alkyl halides is 3. The number of carbonyl (C=O) groups is 1. The van der Waals surface area contributed by atoms with Crippen molar-refractivity contribution in [3.63, 3.8) is 0 Å². The molecule has 0 saturated carbocycles. The molecule has 4 heterocycles. The second-order valence-corrected chi connectivity index (χ2v) is 10.5. The van der Waals surface area contributed by atoms with Crippen LogP contribution in [0.2, 0.25) is 0 Å². The fourth-order valence-corrected chi connectivity index (χ4v) is 6.16. The third-order valence-electron chi connectivity index (χ3n) is 7.83. The number of ether oxygens (including phenoxy) is 1. The fraction of sp³-hybridized carbons (Fsp3) is 0.600. The van der Waals surface area contributed by atoms with Crippen LogP contribution in [0.1, 0.15) is 36.8 Å². The van der Waals surface area contributed by atoms with Crippen molar-refractivity contribution in [3.8, 4) is 0 Å². The molecule has 37 heavy (non-hydrogen) atoms. The molecule has 1 N–H and O–H groups in total. The van der Waals surface area contributed by atoms with Crippen LogP contribution in [-0.4, -0.2) is 83.3 Å². The highest BCUT2D eigenvalue weighted by atomic mass is 32.2. The topological polar surface area (TPSA) is 65.9 Å². The number of nitrogens with one attached hydrogen (secondary N) is 1. The summed E-state index contributed by atoms with van der Waals surface area (Å²) in [7, 11) is 0. The van der Waals surface area contributed by atoms with E-state index in [1.807, 2.05) is 17.2 Å². The molecule has 0 atom stereocenters. The van der Waals surface area contributed by atoms with Gasteiger partial charge in [-0.2, -0.15) is 17.9 Å². The van der Waals surface area contributed by atoms with Gasteiger partial charge in [-0.3, -0.25) is 4.90 Å². The highest BCUT2D eigenvalue weighted by molar-refractivity contribution is 7.99. The number of carbonyl (C=O) groups excluding carboxylic acids is 1. The van der Waals surface area contributed by atoms with E-state index in [2.05, 4.69) is 14.7 Å². The number of likely N-dealkylation sites (tertiary alicyclic amines) is 2. The quantitative estimate of drug-likeness (QED) is 0.562. The van der Waals surface area contributed by atoms with Gasteiger partial charge in [0.2, 0.25) is 0 Å². The Morgan fingerprint density at radius 1 is 1.11 bits per heavy atom. The Morgan fingerprint density at radius 3 is 2.57 bits per heavy atom. The molecule has 5 rings (SSSR count). The van der Waals surface area contributed by atoms with Gasteiger partial charge >= 0.3 is 12.2 Å². The summed E-state index contributed by atoms with van der Waals surface area (Å²) in [5.41, 5.74) is 0.170. The maximum absolute atomic E-state index is 14.1. The average molecular weight is 539 g/mol. The zero-order chi connectivity index (χ0) is 26.0. The molecular weight excluding hydrogens is 505 g/mol. The minimum Gasteiger partial charge on any atom is -0.378 e. The van der Waals surface area contributed by atoms with Crippen molar-refractivity contribution in [2.75, 3.05) is 61.8 Å². The van der Waals surface area contributed by atoms with Crippen molar-refractivity contribution in [1.29, 1.82) is 0 Å². The number of amides is 1. The zero-order valence-corrected chi connectivity index (χ0v) is 21.8. The van der Waals surface area contributed by atoms with E-state index >= 15 is 0 Å². The van der Waals surface area contributed by atoms with Crippen molar-refractivity contribution in [1.82, 2.24) is 19.6 Å². The lowest BCUT2D eigenvalue weighted by Gasteiger charge is -2.45. The second-order valence-electron chi connectivity index (χ2n) is 9.91. The number of anilines is 2. The molecule has 1 spiro atoms. The van der Waals surface area contributed by atoms with Crippen LogP contribution >= 0.6 is 11.9 Å². The number of rotatable bonds is 5. The van der Waals surface area contributed by atoms with Crippen LogP contribution in [0.5, 0.6) is 0 Å². The molecule has 0 aliphatic carbocycles. The Hall–Kier alpha value is -2.44. The molecule has 1 aromatic carbocycles. The summed E-state index contributed by atoms with van der Waals surface area (Å²) >= 11 is 1.41. The maximum atomic E-state index is 14.1. The van der Waals surface area contributed by atoms with Gasteiger partial charge in [-0.1, -0.05) is 18.0 Å². The normalized spacial score (nSPS) is 20.5. The third kappa shape index (κ3) is 5.56. The molecule has 202 valence electrons. The molecule has 2 aromatic rings. The SMILES string of the molecule is CSNc1ccn(C(=O)N2CCC3(CCCN3Cc3ccc(N4CCOCC4)cc3C(F)(F)F)CC2)n1. The standard InChI is InChI=1S/C25H33F3N6O2S/c1-37-30-22-5-10-34(29-22)23(35)32-11-7-24(8-12-32)6-2-9-33(24)18-19-3-4-20(17-21(19)25(26,27)28)31-13-15-36-16-14-31/h3-5,10,17H,2,6-9,11-16,18H2,1H3,(H,29,30). The number of hydrogen-bond donors (Lipinski definition) is 1. The van der Waals surface area contributed by atoms with Crippen LogP contribution < -0.4 is 9.62 Å². The predicted molar refractivity (Wildman–Crippen MR) is 138 cm³/mol. The van der Waals surface area contributed by atoms with E-state index in [0.717, 1.165) is 32.2 Å². The van der Waals surface area contributed by atoms with E-state index < -0.39 is 11.7 Å². The molecular formula is C25H33F3N6O2S. The van der Waals surface area contributed by atoms with Gasteiger partial charge in [0, 0.05) is 62.5 Å². The first kappa shape index (κ1) is 26.2. The molecule has 0 radical (unpaired) electrons. The van der Waals surface area contributed by atoms with Gasteiger partial charge in [-0.25, -0.2) is 4.79 Å². The summed E-state index contributed by atoms with van der Waals surface area (Å²) in [6, 6.07) is 6.34. The molecule has 3 fully saturated rings. The molecule has 1 aromatic heterocycles. The molecule has 1 amide bonds. The Bertz CT molecular complexity index is 1100. The van der Waals surface area contributed by atoms with Crippen LogP contribution in [0, 0.1) is 0 Å². The van der Waals surface area contributed by atoms with Crippen molar-refractivity contribution in [2.45, 2.75) is 43.9 Å². The molecule has 3 saturated heterocycles. The number of piperidine rings is 1. The van der Waals surface area contributed by atoms with E-state index in [0.29, 0.717) is 56.5 Å². The van der Waals surface area contributed by atoms with E-state index in [4.69, 9.17) is 4.74 Å². The molecule has 8 nitrogen and oxygen atoms in total. The minimum absolute atomic E-state index is 0.174. The van der Waals surface area contributed by atoms with Gasteiger partial charge in [0.1, 0.15) is 0 Å². The molecule has 0 unspecified atom stereocenters. The Kier molecular flexibility index (Phi) is 7.60. The molecule has 12 heteroatoms. The van der Waals surface area contributed by atoms with E-state index in [1.165, 1.54) is 22.7 Å². The molecule has 3 aliphatic rings. The van der Waals surface area contributed by atoms with Crippen LogP contribution in [0.3, 0.4) is 0 Å². The van der Waals surface area contributed by atoms with Gasteiger partial charge in [0.15, 0.2) is 5.82 Å². The molecule has 3 aliphatic heterocycles. The molecule has 0 bridgehead atoms. The first-order valence-corrected chi connectivity index (χ1v) is 13.9. The number of nitrogens with zero attached hydrogens (tertiary/aromatic N) is 5. The average Bonchev–Trinajstić information content (AvgIpc) is 3.52. The highest BCUT2D eigenvalue weighted by Crippen LogP contribution is 2.42. The van der Waals surface area contributed by atoms with Gasteiger partial charge in [0.25, 0.3) is 0 Å². The highest BCUT2D eigenvalue weighted by Gasteiger charge is 2.45. The summed E-state index contributed by atoms with van der Waals surface area (Å²) in [4.78, 5) is 18.9. The lowest BCUT2D eigenvalue weighted by atomic mass is 9.84. The first-order chi connectivity index (χ1) is 17.8. The predicted octanol–water partition coefficient (Wildman–Crippen LogP) is 4.53. The van der Waals surface area contributed by atoms with Crippen LogP contribution in [-0.2, 0) is 17.5 Å². The van der Waals surface area contributed by atoms with Gasteiger partial charge in [0.05, 0.1) is 18.8 Å². The van der Waals surface area contributed by atoms with E-state index in [1.54, 1.807) is 23.2 Å². The number of hydrogen-bond acceptors (Lipinski definition) is 7. The third-order valence-corrected chi connectivity index (χ3v) is 8.25. The Morgan fingerprint density at radius 2 is 1.86 bits per heavy atom. The fourth-order valence-electron chi connectivity index (χ4n) is 5.85. The second kappa shape index (κ2) is 10.7. The first-order valence-electron chi connectivity index (χ1n) is 12.7. The number of halogens is 3. The number of morpholine rings is 1. The zero-order valence-electron chi connectivity index (χ0n) is 21.0. The largest absolute Gasteiger partial charge is 0.416 e. The summed E-state index contributed by atoms with van der Waals surface area (Å²) in [6.07, 6.45) is 2.47. The minimum atomic E-state index is -4.42. The van der Waals surface area contributed by atoms with Crippen LogP contribution in [0.25, 0.3) is 0 Å². The lowest BCUT2D eigenvalue weighted by molar-refractivity contribution is -0.138. The maximum Gasteiger partial charge on any atom is 0.416 e. The van der Waals surface area contributed by atoms with Gasteiger partial charge in [-0.15, -0.1) is 5.10 Å². The van der Waals surface area contributed by atoms with E-state index in [9.17, 15) is 18.0 Å². The summed E-state index contributed by atoms with van der Waals surface area (Å²) in [5, 5.41) is 4.27. The van der Waals surface area contributed by atoms with Crippen molar-refractivity contribution in [3.05, 3.63) is 41.6 Å². The van der Waals surface area contributed by atoms with Crippen molar-refractivity contribution in [2.24, 2.45) is 0 Å².